The smallest absolute Gasteiger partial charge is 0.360 e. The van der Waals surface area contributed by atoms with Crippen LogP contribution < -0.4 is 5.73 Å². The van der Waals surface area contributed by atoms with Gasteiger partial charge in [-0.1, -0.05) is 20.3 Å². The van der Waals surface area contributed by atoms with Crippen LogP contribution in [0.25, 0.3) is 0 Å². The van der Waals surface area contributed by atoms with E-state index >= 15 is 0 Å². The van der Waals surface area contributed by atoms with Crippen molar-refractivity contribution in [3.63, 3.8) is 0 Å². The first-order chi connectivity index (χ1) is 9.56. The van der Waals surface area contributed by atoms with Crippen molar-refractivity contribution in [1.29, 1.82) is 0 Å². The Morgan fingerprint density at radius 3 is 2.60 bits per heavy atom. The van der Waals surface area contributed by atoms with Crippen molar-refractivity contribution < 1.29 is 9.53 Å². The van der Waals surface area contributed by atoms with E-state index in [4.69, 9.17) is 10.5 Å². The average molecular weight is 279 g/mol. The fourth-order valence-electron chi connectivity index (χ4n) is 2.84. The first-order valence-corrected chi connectivity index (χ1v) is 7.59. The lowest BCUT2D eigenvalue weighted by molar-refractivity contribution is 0.0521. The van der Waals surface area contributed by atoms with Gasteiger partial charge >= 0.3 is 5.97 Å². The summed E-state index contributed by atoms with van der Waals surface area (Å²) < 4.78 is 7.04. The SMILES string of the molecule is CCCC1(Cn2c(CC)nc(C(=O)OCC)c2N)CC1. The molecule has 1 aliphatic carbocycles. The summed E-state index contributed by atoms with van der Waals surface area (Å²) >= 11 is 0. The number of aryl methyl sites for hydroxylation is 1. The van der Waals surface area contributed by atoms with Gasteiger partial charge in [-0.25, -0.2) is 9.78 Å². The van der Waals surface area contributed by atoms with Crippen LogP contribution in [0.1, 0.15) is 62.8 Å². The third-order valence-electron chi connectivity index (χ3n) is 4.10. The van der Waals surface area contributed by atoms with E-state index in [0.29, 0.717) is 17.8 Å². The minimum Gasteiger partial charge on any atom is -0.461 e. The van der Waals surface area contributed by atoms with Gasteiger partial charge in [-0.05, 0) is 31.6 Å². The van der Waals surface area contributed by atoms with Gasteiger partial charge in [-0.2, -0.15) is 0 Å². The number of ether oxygens (including phenoxy) is 1. The molecule has 0 amide bonds. The highest BCUT2D eigenvalue weighted by Crippen LogP contribution is 2.51. The van der Waals surface area contributed by atoms with Crippen LogP contribution in [-0.2, 0) is 17.7 Å². The van der Waals surface area contributed by atoms with E-state index in [1.54, 1.807) is 6.92 Å². The van der Waals surface area contributed by atoms with Crippen LogP contribution in [0, 0.1) is 5.41 Å². The third-order valence-corrected chi connectivity index (χ3v) is 4.10. The summed E-state index contributed by atoms with van der Waals surface area (Å²) in [7, 11) is 0. The molecule has 5 nitrogen and oxygen atoms in total. The third kappa shape index (κ3) is 2.81. The van der Waals surface area contributed by atoms with Crippen molar-refractivity contribution in [2.75, 3.05) is 12.3 Å². The maximum Gasteiger partial charge on any atom is 0.360 e. The van der Waals surface area contributed by atoms with Gasteiger partial charge < -0.3 is 15.0 Å². The lowest BCUT2D eigenvalue weighted by Crippen LogP contribution is -2.16. The molecule has 0 atom stereocenters. The number of anilines is 1. The molecule has 20 heavy (non-hydrogen) atoms. The number of aromatic nitrogens is 2. The highest BCUT2D eigenvalue weighted by Gasteiger charge is 2.42. The van der Waals surface area contributed by atoms with Crippen LogP contribution >= 0.6 is 0 Å². The van der Waals surface area contributed by atoms with Crippen LogP contribution in [-0.4, -0.2) is 22.1 Å². The van der Waals surface area contributed by atoms with Crippen molar-refractivity contribution in [1.82, 2.24) is 9.55 Å². The van der Waals surface area contributed by atoms with Crippen LogP contribution in [0.4, 0.5) is 5.82 Å². The average Bonchev–Trinajstić information content (AvgIpc) is 3.10. The number of carbonyl (C=O) groups is 1. The summed E-state index contributed by atoms with van der Waals surface area (Å²) in [6.45, 7) is 7.25. The summed E-state index contributed by atoms with van der Waals surface area (Å²) in [6, 6.07) is 0. The van der Waals surface area contributed by atoms with E-state index < -0.39 is 5.97 Å². The van der Waals surface area contributed by atoms with Crippen molar-refractivity contribution in [2.24, 2.45) is 5.41 Å². The predicted octanol–water partition coefficient (Wildman–Crippen LogP) is 2.78. The van der Waals surface area contributed by atoms with Crippen LogP contribution in [0.3, 0.4) is 0 Å². The van der Waals surface area contributed by atoms with Gasteiger partial charge in [0.25, 0.3) is 0 Å². The Kier molecular flexibility index (Phi) is 4.35. The summed E-state index contributed by atoms with van der Waals surface area (Å²) in [5.74, 6) is 0.925. The van der Waals surface area contributed by atoms with Gasteiger partial charge in [0, 0.05) is 13.0 Å². The molecule has 1 aromatic rings. The van der Waals surface area contributed by atoms with Crippen molar-refractivity contribution in [3.05, 3.63) is 11.5 Å². The molecule has 1 fully saturated rings. The monoisotopic (exact) mass is 279 g/mol. The molecule has 1 aromatic heterocycles. The number of esters is 1. The molecule has 0 saturated heterocycles. The van der Waals surface area contributed by atoms with E-state index in [9.17, 15) is 4.79 Å². The second-order valence-corrected chi connectivity index (χ2v) is 5.67. The van der Waals surface area contributed by atoms with Gasteiger partial charge in [-0.3, -0.25) is 0 Å². The first-order valence-electron chi connectivity index (χ1n) is 7.59. The zero-order chi connectivity index (χ0) is 14.8. The predicted molar refractivity (Wildman–Crippen MR) is 78.5 cm³/mol. The summed E-state index contributed by atoms with van der Waals surface area (Å²) in [5.41, 5.74) is 6.79. The molecule has 0 bridgehead atoms. The largest absolute Gasteiger partial charge is 0.461 e. The van der Waals surface area contributed by atoms with E-state index in [0.717, 1.165) is 18.8 Å². The quantitative estimate of drug-likeness (QED) is 0.779. The van der Waals surface area contributed by atoms with E-state index in [1.165, 1.54) is 25.7 Å². The van der Waals surface area contributed by atoms with Gasteiger partial charge in [0.2, 0.25) is 0 Å². The number of nitrogen functional groups attached to an aromatic ring is 1. The second-order valence-electron chi connectivity index (χ2n) is 5.67. The molecule has 0 aliphatic heterocycles. The molecule has 1 saturated carbocycles. The maximum absolute atomic E-state index is 11.9. The first kappa shape index (κ1) is 14.9. The van der Waals surface area contributed by atoms with Gasteiger partial charge in [0.05, 0.1) is 6.61 Å². The molecular formula is C15H25N3O2. The molecule has 0 spiro atoms. The molecule has 1 heterocycles. The number of nitrogens with zero attached hydrogens (tertiary/aromatic N) is 2. The summed E-state index contributed by atoms with van der Waals surface area (Å²) in [4.78, 5) is 16.3. The number of hydrogen-bond acceptors (Lipinski definition) is 4. The molecule has 0 unspecified atom stereocenters. The highest BCUT2D eigenvalue weighted by atomic mass is 16.5. The van der Waals surface area contributed by atoms with Gasteiger partial charge in [0.1, 0.15) is 11.6 Å². The van der Waals surface area contributed by atoms with Crippen molar-refractivity contribution in [3.8, 4) is 0 Å². The van der Waals surface area contributed by atoms with E-state index in [-0.39, 0.29) is 5.69 Å². The standard InChI is InChI=1S/C15H25N3O2/c1-4-7-15(8-9-15)10-18-11(5-2)17-12(13(18)16)14(19)20-6-3/h4-10,16H2,1-3H3. The lowest BCUT2D eigenvalue weighted by Gasteiger charge is -2.17. The molecule has 1 aliphatic rings. The van der Waals surface area contributed by atoms with Crippen LogP contribution in [0.2, 0.25) is 0 Å². The zero-order valence-corrected chi connectivity index (χ0v) is 12.7. The summed E-state index contributed by atoms with van der Waals surface area (Å²) in [6.07, 6.45) is 5.65. The minimum atomic E-state index is -0.418. The fourth-order valence-corrected chi connectivity index (χ4v) is 2.84. The van der Waals surface area contributed by atoms with Crippen LogP contribution in [0.15, 0.2) is 0 Å². The number of imidazole rings is 1. The topological polar surface area (TPSA) is 70.1 Å². The Bertz CT molecular complexity index is 490. The second kappa shape index (κ2) is 5.85. The van der Waals surface area contributed by atoms with Gasteiger partial charge in [-0.15, -0.1) is 0 Å². The minimum absolute atomic E-state index is 0.274. The number of carbonyl (C=O) groups excluding carboxylic acids is 1. The molecule has 2 N–H and O–H groups in total. The number of rotatable bonds is 7. The molecule has 112 valence electrons. The zero-order valence-electron chi connectivity index (χ0n) is 12.7. The number of nitrogens with two attached hydrogens (primary N) is 1. The highest BCUT2D eigenvalue weighted by molar-refractivity contribution is 5.92. The Hall–Kier alpha value is -1.52. The Balaban J connectivity index is 2.26. The fraction of sp³-hybridized carbons (Fsp3) is 0.733. The molecule has 0 radical (unpaired) electrons. The van der Waals surface area contributed by atoms with E-state index in [1.807, 2.05) is 11.5 Å². The normalized spacial score (nSPS) is 16.1. The molecule has 5 heteroatoms. The number of hydrogen-bond donors (Lipinski definition) is 1. The Morgan fingerprint density at radius 2 is 2.10 bits per heavy atom. The Labute approximate surface area is 120 Å². The van der Waals surface area contributed by atoms with E-state index in [2.05, 4.69) is 11.9 Å². The lowest BCUT2D eigenvalue weighted by atomic mass is 10.0. The molecule has 0 aromatic carbocycles. The molecule has 2 rings (SSSR count). The van der Waals surface area contributed by atoms with Gasteiger partial charge in [0.15, 0.2) is 5.69 Å². The van der Waals surface area contributed by atoms with Crippen molar-refractivity contribution >= 4 is 11.8 Å². The maximum atomic E-state index is 11.9. The Morgan fingerprint density at radius 1 is 1.40 bits per heavy atom. The van der Waals surface area contributed by atoms with Crippen LogP contribution in [0.5, 0.6) is 0 Å². The summed E-state index contributed by atoms with van der Waals surface area (Å²) in [5, 5.41) is 0. The molecular weight excluding hydrogens is 254 g/mol. The van der Waals surface area contributed by atoms with Crippen molar-refractivity contribution in [2.45, 2.75) is 59.4 Å².